The van der Waals surface area contributed by atoms with Gasteiger partial charge in [-0.25, -0.2) is 0 Å². The molecule has 3 N–H and O–H groups in total. The van der Waals surface area contributed by atoms with Gasteiger partial charge in [0.1, 0.15) is 0 Å². The highest BCUT2D eigenvalue weighted by Gasteiger charge is 2.04. The van der Waals surface area contributed by atoms with Crippen LogP contribution < -0.4 is 5.73 Å². The fourth-order valence-corrected chi connectivity index (χ4v) is 1.77. The highest BCUT2D eigenvalue weighted by Crippen LogP contribution is 2.07. The predicted octanol–water partition coefficient (Wildman–Crippen LogP) is 0.442. The first-order valence-corrected chi connectivity index (χ1v) is 6.24. The Bertz CT molecular complexity index is 405. The summed E-state index contributed by atoms with van der Waals surface area (Å²) in [6, 6.07) is 0. The van der Waals surface area contributed by atoms with Crippen LogP contribution in [0.2, 0.25) is 0 Å². The molecule has 0 fully saturated rings. The molecular formula is C8H15N3O3S. The van der Waals surface area contributed by atoms with Gasteiger partial charge in [-0.15, -0.1) is 0 Å². The largest absolute Gasteiger partial charge is 0.396 e. The molecular weight excluding hydrogens is 218 g/mol. The molecule has 1 aromatic rings. The number of nitrogens with two attached hydrogens (primary N) is 1. The fraction of sp³-hybridized carbons (Fsp3) is 0.625. The zero-order valence-electron chi connectivity index (χ0n) is 8.55. The van der Waals surface area contributed by atoms with Crippen LogP contribution in [-0.4, -0.2) is 28.5 Å². The normalized spacial score (nSPS) is 11.9. The summed E-state index contributed by atoms with van der Waals surface area (Å²) in [4.78, 5) is 0. The van der Waals surface area contributed by atoms with E-state index in [0.717, 1.165) is 5.69 Å². The van der Waals surface area contributed by atoms with Crippen molar-refractivity contribution in [3.63, 3.8) is 0 Å². The van der Waals surface area contributed by atoms with E-state index < -0.39 is 10.1 Å². The fourth-order valence-electron chi connectivity index (χ4n) is 1.21. The highest BCUT2D eigenvalue weighted by molar-refractivity contribution is 7.85. The van der Waals surface area contributed by atoms with Crippen molar-refractivity contribution in [1.29, 1.82) is 0 Å². The number of rotatable bonds is 5. The number of anilines is 1. The number of unbranched alkanes of at least 4 members (excludes halogenated alkanes) is 1. The second-order valence-electron chi connectivity index (χ2n) is 3.43. The molecule has 0 atom stereocenters. The molecule has 1 aromatic heterocycles. The molecule has 7 heteroatoms. The zero-order chi connectivity index (χ0) is 11.5. The Labute approximate surface area is 88.8 Å². The first kappa shape index (κ1) is 12.0. The summed E-state index contributed by atoms with van der Waals surface area (Å²) in [7, 11) is -3.84. The second-order valence-corrected chi connectivity index (χ2v) is 5.00. The summed E-state index contributed by atoms with van der Waals surface area (Å²) in [5.74, 6) is -0.206. The van der Waals surface area contributed by atoms with Gasteiger partial charge in [0.25, 0.3) is 10.1 Å². The average Bonchev–Trinajstić information content (AvgIpc) is 2.39. The van der Waals surface area contributed by atoms with Crippen LogP contribution in [0.3, 0.4) is 0 Å². The van der Waals surface area contributed by atoms with E-state index in [4.69, 9.17) is 10.3 Å². The minimum absolute atomic E-state index is 0.206. The maximum absolute atomic E-state index is 10.4. The first-order valence-electron chi connectivity index (χ1n) is 4.63. The second kappa shape index (κ2) is 4.63. The van der Waals surface area contributed by atoms with Gasteiger partial charge in [-0.1, -0.05) is 0 Å². The minimum atomic E-state index is -3.84. The number of aryl methyl sites for hydroxylation is 2. The molecule has 1 rings (SSSR count). The quantitative estimate of drug-likeness (QED) is 0.568. The Morgan fingerprint density at radius 3 is 2.67 bits per heavy atom. The van der Waals surface area contributed by atoms with Gasteiger partial charge in [0.05, 0.1) is 17.1 Å². The highest BCUT2D eigenvalue weighted by atomic mass is 32.2. The van der Waals surface area contributed by atoms with E-state index >= 15 is 0 Å². The van der Waals surface area contributed by atoms with E-state index in [-0.39, 0.29) is 5.75 Å². The molecule has 0 radical (unpaired) electrons. The van der Waals surface area contributed by atoms with Gasteiger partial charge >= 0.3 is 0 Å². The molecule has 15 heavy (non-hydrogen) atoms. The van der Waals surface area contributed by atoms with Crippen molar-refractivity contribution >= 4 is 15.8 Å². The van der Waals surface area contributed by atoms with Gasteiger partial charge in [0, 0.05) is 12.7 Å². The van der Waals surface area contributed by atoms with Crippen LogP contribution in [-0.2, 0) is 16.7 Å². The van der Waals surface area contributed by atoms with E-state index in [0.29, 0.717) is 25.1 Å². The number of hydrogen-bond donors (Lipinski definition) is 2. The summed E-state index contributed by atoms with van der Waals surface area (Å²) in [6.45, 7) is 2.41. The maximum atomic E-state index is 10.4. The third kappa shape index (κ3) is 4.30. The lowest BCUT2D eigenvalue weighted by molar-refractivity contribution is 0.476. The van der Waals surface area contributed by atoms with Gasteiger partial charge in [0.2, 0.25) is 0 Å². The van der Waals surface area contributed by atoms with Crippen LogP contribution in [0, 0.1) is 6.92 Å². The topological polar surface area (TPSA) is 98.2 Å². The predicted molar refractivity (Wildman–Crippen MR) is 57.0 cm³/mol. The number of aromatic nitrogens is 2. The van der Waals surface area contributed by atoms with Crippen LogP contribution in [0.25, 0.3) is 0 Å². The van der Waals surface area contributed by atoms with Crippen LogP contribution in [0.5, 0.6) is 0 Å². The van der Waals surface area contributed by atoms with Gasteiger partial charge < -0.3 is 5.73 Å². The molecule has 0 unspecified atom stereocenters. The molecule has 0 amide bonds. The first-order chi connectivity index (χ1) is 6.88. The molecule has 0 aliphatic carbocycles. The molecule has 0 saturated heterocycles. The summed E-state index contributed by atoms with van der Waals surface area (Å²) >= 11 is 0. The molecule has 1 heterocycles. The summed E-state index contributed by atoms with van der Waals surface area (Å²) in [6.07, 6.45) is 2.76. The van der Waals surface area contributed by atoms with E-state index in [1.165, 1.54) is 0 Å². The molecule has 0 aromatic carbocycles. The van der Waals surface area contributed by atoms with Crippen LogP contribution in [0.15, 0.2) is 6.20 Å². The van der Waals surface area contributed by atoms with Gasteiger partial charge in [0.15, 0.2) is 0 Å². The van der Waals surface area contributed by atoms with Gasteiger partial charge in [-0.3, -0.25) is 9.23 Å². The van der Waals surface area contributed by atoms with Crippen molar-refractivity contribution in [3.05, 3.63) is 11.9 Å². The van der Waals surface area contributed by atoms with E-state index in [1.807, 2.05) is 6.92 Å². The van der Waals surface area contributed by atoms with Crippen molar-refractivity contribution in [3.8, 4) is 0 Å². The molecule has 0 bridgehead atoms. The van der Waals surface area contributed by atoms with Crippen LogP contribution in [0.4, 0.5) is 5.69 Å². The lowest BCUT2D eigenvalue weighted by atomic mass is 10.3. The number of nitrogens with zero attached hydrogens (tertiary/aromatic N) is 2. The van der Waals surface area contributed by atoms with Crippen LogP contribution in [0.1, 0.15) is 18.5 Å². The van der Waals surface area contributed by atoms with Crippen LogP contribution >= 0.6 is 0 Å². The summed E-state index contributed by atoms with van der Waals surface area (Å²) < 4.78 is 31.0. The summed E-state index contributed by atoms with van der Waals surface area (Å²) in [5, 5.41) is 4.12. The number of hydrogen-bond acceptors (Lipinski definition) is 4. The van der Waals surface area contributed by atoms with E-state index in [2.05, 4.69) is 5.10 Å². The Kier molecular flexibility index (Phi) is 3.70. The van der Waals surface area contributed by atoms with E-state index in [9.17, 15) is 8.42 Å². The molecule has 0 aliphatic rings. The molecule has 0 saturated carbocycles. The molecule has 86 valence electrons. The van der Waals surface area contributed by atoms with Crippen molar-refractivity contribution in [2.24, 2.45) is 0 Å². The Morgan fingerprint density at radius 2 is 2.20 bits per heavy atom. The molecule has 6 nitrogen and oxygen atoms in total. The third-order valence-electron chi connectivity index (χ3n) is 2.02. The lowest BCUT2D eigenvalue weighted by Crippen LogP contribution is -2.06. The Morgan fingerprint density at radius 1 is 1.53 bits per heavy atom. The minimum Gasteiger partial charge on any atom is -0.396 e. The SMILES string of the molecule is Cc1nn(CCCCS(=O)(=O)O)cc1N. The Hall–Kier alpha value is -1.08. The molecule has 0 spiro atoms. The zero-order valence-corrected chi connectivity index (χ0v) is 9.37. The lowest BCUT2D eigenvalue weighted by Gasteiger charge is -1.99. The smallest absolute Gasteiger partial charge is 0.264 e. The van der Waals surface area contributed by atoms with Crippen molar-refractivity contribution < 1.29 is 13.0 Å². The average molecular weight is 233 g/mol. The standard InChI is InChI=1S/C8H15N3O3S/c1-7-8(9)6-11(10-7)4-2-3-5-15(12,13)14/h6H,2-5,9H2,1H3,(H,12,13,14). The Balaban J connectivity index is 2.32. The van der Waals surface area contributed by atoms with Crippen molar-refractivity contribution in [1.82, 2.24) is 9.78 Å². The van der Waals surface area contributed by atoms with Crippen molar-refractivity contribution in [2.45, 2.75) is 26.3 Å². The maximum Gasteiger partial charge on any atom is 0.264 e. The van der Waals surface area contributed by atoms with Gasteiger partial charge in [-0.05, 0) is 19.8 Å². The monoisotopic (exact) mass is 233 g/mol. The van der Waals surface area contributed by atoms with E-state index in [1.54, 1.807) is 10.9 Å². The molecule has 0 aliphatic heterocycles. The number of nitrogen functional groups attached to an aromatic ring is 1. The van der Waals surface area contributed by atoms with Crippen molar-refractivity contribution in [2.75, 3.05) is 11.5 Å². The van der Waals surface area contributed by atoms with Gasteiger partial charge in [-0.2, -0.15) is 13.5 Å². The summed E-state index contributed by atoms with van der Waals surface area (Å²) in [5.41, 5.74) is 6.99. The third-order valence-corrected chi connectivity index (χ3v) is 2.83.